The zero-order valence-corrected chi connectivity index (χ0v) is 5.47. The van der Waals surface area contributed by atoms with Gasteiger partial charge in [-0.1, -0.05) is 0 Å². The molecule has 0 aliphatic rings. The minimum atomic E-state index is -1.00. The molecular formula is C5H11NO2. The molecule has 0 heterocycles. The molecule has 3 heteroatoms. The summed E-state index contributed by atoms with van der Waals surface area (Å²) >= 11 is 0. The fourth-order valence-electron chi connectivity index (χ4n) is 0.387. The minimum Gasteiger partial charge on any atom is -0.544 e. The highest BCUT2D eigenvalue weighted by atomic mass is 16.4. The smallest absolute Gasteiger partial charge is 0.118 e. The summed E-state index contributed by atoms with van der Waals surface area (Å²) in [6, 6.07) is 0. The van der Waals surface area contributed by atoms with Crippen molar-refractivity contribution in [1.29, 1.82) is 0 Å². The van der Waals surface area contributed by atoms with Crippen molar-refractivity contribution in [2.45, 2.75) is 0 Å². The van der Waals surface area contributed by atoms with E-state index in [2.05, 4.69) is 0 Å². The van der Waals surface area contributed by atoms with Gasteiger partial charge in [0, 0.05) is 0 Å². The topological polar surface area (TPSA) is 40.1 Å². The predicted molar refractivity (Wildman–Crippen MR) is 27.9 cm³/mol. The molecule has 3 nitrogen and oxygen atoms in total. The van der Waals surface area contributed by atoms with Gasteiger partial charge in [-0.3, -0.25) is 0 Å². The van der Waals surface area contributed by atoms with Gasteiger partial charge in [-0.25, -0.2) is 0 Å². The van der Waals surface area contributed by atoms with Crippen LogP contribution in [0.3, 0.4) is 0 Å². The van der Waals surface area contributed by atoms with Crippen LogP contribution < -0.4 is 5.11 Å². The summed E-state index contributed by atoms with van der Waals surface area (Å²) in [6.07, 6.45) is 0. The lowest BCUT2D eigenvalue weighted by atomic mass is 10.6. The van der Waals surface area contributed by atoms with Gasteiger partial charge in [-0.2, -0.15) is 0 Å². The van der Waals surface area contributed by atoms with E-state index in [1.54, 1.807) is 21.1 Å². The molecule has 0 bridgehead atoms. The van der Waals surface area contributed by atoms with Gasteiger partial charge in [0.2, 0.25) is 0 Å². The summed E-state index contributed by atoms with van der Waals surface area (Å²) in [6.45, 7) is 0.0694. The zero-order valence-electron chi connectivity index (χ0n) is 5.47. The maximum atomic E-state index is 9.89. The molecule has 0 aromatic rings. The highest BCUT2D eigenvalue weighted by Gasteiger charge is 2.04. The maximum Gasteiger partial charge on any atom is 0.118 e. The monoisotopic (exact) mass is 118 g/mol. The van der Waals surface area contributed by atoms with E-state index in [0.717, 1.165) is 0 Å². The first-order valence-electron chi connectivity index (χ1n) is 2.42. The van der Waals surface area contributed by atoms with Gasteiger partial charge in [0.25, 0.3) is 0 Å². The van der Waals surface area contributed by atoms with Crippen LogP contribution in [-0.2, 0) is 4.79 Å². The number of nitrogens with zero attached hydrogens (tertiary/aromatic N) is 1. The highest BCUT2D eigenvalue weighted by Crippen LogP contribution is 1.84. The van der Waals surface area contributed by atoms with Crippen molar-refractivity contribution in [3.8, 4) is 0 Å². The summed E-state index contributed by atoms with van der Waals surface area (Å²) in [4.78, 5) is 9.89. The lowest BCUT2D eigenvalue weighted by molar-refractivity contribution is -0.864. The normalized spacial score (nSPS) is 11.4. The molecule has 0 radical (unpaired) electrons. The average Bonchev–Trinajstić information content (AvgIpc) is 1.21. The van der Waals surface area contributed by atoms with Crippen LogP contribution in [0.4, 0.5) is 0 Å². The van der Waals surface area contributed by atoms with Crippen LogP contribution in [0.1, 0.15) is 0 Å². The largest absolute Gasteiger partial charge is 0.544 e. The second kappa shape index (κ2) is 2.13. The number of carbonyl (C=O) groups is 1. The molecule has 0 saturated carbocycles. The van der Waals surface area contributed by atoms with E-state index in [0.29, 0.717) is 4.48 Å². The Hall–Kier alpha value is -0.570. The number of rotatable bonds is 2. The van der Waals surface area contributed by atoms with Crippen LogP contribution in [0, 0.1) is 0 Å². The third-order valence-electron chi connectivity index (χ3n) is 0.603. The Morgan fingerprint density at radius 3 is 1.88 bits per heavy atom. The molecule has 0 aliphatic carbocycles. The van der Waals surface area contributed by atoms with Crippen LogP contribution in [0.15, 0.2) is 0 Å². The molecule has 0 atom stereocenters. The SMILES string of the molecule is C[15N+](C)(C)CC(=O)[O-]. The minimum absolute atomic E-state index is 0.0694. The van der Waals surface area contributed by atoms with Crippen molar-refractivity contribution in [2.24, 2.45) is 0 Å². The molecule has 0 aromatic carbocycles. The van der Waals surface area contributed by atoms with Crippen molar-refractivity contribution >= 4 is 5.97 Å². The Kier molecular flexibility index (Phi) is 1.98. The summed E-state index contributed by atoms with van der Waals surface area (Å²) in [7, 11) is 5.40. The van der Waals surface area contributed by atoms with Crippen LogP contribution >= 0.6 is 0 Å². The fourth-order valence-corrected chi connectivity index (χ4v) is 0.387. The molecule has 0 N–H and O–H groups in total. The molecule has 0 saturated heterocycles. The van der Waals surface area contributed by atoms with E-state index in [1.165, 1.54) is 0 Å². The second-order valence-electron chi connectivity index (χ2n) is 2.82. The molecule has 0 fully saturated rings. The number of aliphatic carboxylic acids is 1. The molecule has 0 aromatic heterocycles. The number of carboxylic acid groups (broad SMARTS) is 1. The van der Waals surface area contributed by atoms with E-state index < -0.39 is 5.97 Å². The Morgan fingerprint density at radius 1 is 1.50 bits per heavy atom. The first-order valence-corrected chi connectivity index (χ1v) is 2.42. The van der Waals surface area contributed by atoms with Gasteiger partial charge in [0.1, 0.15) is 6.54 Å². The Morgan fingerprint density at radius 2 is 1.88 bits per heavy atom. The van der Waals surface area contributed by atoms with Crippen LogP contribution in [0.5, 0.6) is 0 Å². The van der Waals surface area contributed by atoms with Gasteiger partial charge >= 0.3 is 0 Å². The second-order valence-corrected chi connectivity index (χ2v) is 2.82. The van der Waals surface area contributed by atoms with Crippen LogP contribution in [-0.4, -0.2) is 38.1 Å². The lowest BCUT2D eigenvalue weighted by Crippen LogP contribution is -2.45. The van der Waals surface area contributed by atoms with E-state index in [-0.39, 0.29) is 6.54 Å². The summed E-state index contributed by atoms with van der Waals surface area (Å²) in [5, 5.41) is 9.89. The van der Waals surface area contributed by atoms with E-state index in [9.17, 15) is 9.90 Å². The Balaban J connectivity index is 3.55. The summed E-state index contributed by atoms with van der Waals surface area (Å²) in [5.74, 6) is -1.00. The summed E-state index contributed by atoms with van der Waals surface area (Å²) in [5.41, 5.74) is 0. The number of hydrogen-bond acceptors (Lipinski definition) is 2. The molecule has 0 rings (SSSR count). The first kappa shape index (κ1) is 7.43. The fraction of sp³-hybridized carbons (Fsp3) is 0.800. The van der Waals surface area contributed by atoms with Gasteiger partial charge in [0.05, 0.1) is 27.1 Å². The lowest BCUT2D eigenvalue weighted by Gasteiger charge is -2.23. The number of hydrogen-bond donors (Lipinski definition) is 0. The van der Waals surface area contributed by atoms with E-state index in [4.69, 9.17) is 0 Å². The molecule has 0 amide bonds. The van der Waals surface area contributed by atoms with Gasteiger partial charge < -0.3 is 14.4 Å². The number of carboxylic acids is 1. The molecule has 0 unspecified atom stereocenters. The van der Waals surface area contributed by atoms with E-state index in [1.807, 2.05) is 0 Å². The van der Waals surface area contributed by atoms with Crippen molar-refractivity contribution in [1.82, 2.24) is 0 Å². The molecule has 8 heavy (non-hydrogen) atoms. The van der Waals surface area contributed by atoms with E-state index >= 15 is 0 Å². The molecular weight excluding hydrogens is 107 g/mol. The highest BCUT2D eigenvalue weighted by molar-refractivity contribution is 5.65. The van der Waals surface area contributed by atoms with Crippen molar-refractivity contribution in [3.05, 3.63) is 0 Å². The Labute approximate surface area is 49.1 Å². The van der Waals surface area contributed by atoms with Crippen molar-refractivity contribution in [3.63, 3.8) is 0 Å². The zero-order chi connectivity index (χ0) is 6.78. The number of carbonyl (C=O) groups excluding carboxylic acids is 1. The van der Waals surface area contributed by atoms with Gasteiger partial charge in [-0.15, -0.1) is 0 Å². The maximum absolute atomic E-state index is 9.89. The van der Waals surface area contributed by atoms with Crippen LogP contribution in [0.25, 0.3) is 0 Å². The molecule has 0 spiro atoms. The standard InChI is InChI=1S/C5H11NO2/c1-6(2,3)4-5(7)8/h4H2,1-3H3/i6+1. The average molecular weight is 118 g/mol. The third-order valence-corrected chi connectivity index (χ3v) is 0.603. The number of quaternary nitrogens is 1. The quantitative estimate of drug-likeness (QED) is 0.325. The van der Waals surface area contributed by atoms with Crippen molar-refractivity contribution < 1.29 is 14.4 Å². The first-order chi connectivity index (χ1) is 3.42. The van der Waals surface area contributed by atoms with Crippen molar-refractivity contribution in [2.75, 3.05) is 27.7 Å². The third kappa shape index (κ3) is 5.43. The Bertz CT molecular complexity index is 93.1. The van der Waals surface area contributed by atoms with Crippen LogP contribution in [0.2, 0.25) is 0 Å². The number of likely N-dealkylation sites (N-methyl/N-ethyl adjacent to an activating group) is 1. The van der Waals surface area contributed by atoms with Gasteiger partial charge in [-0.05, 0) is 0 Å². The summed E-state index contributed by atoms with van der Waals surface area (Å²) < 4.78 is 0.419. The predicted octanol–water partition coefficient (Wildman–Crippen LogP) is -1.56. The molecule has 48 valence electrons. The molecule has 0 aliphatic heterocycles. The van der Waals surface area contributed by atoms with Gasteiger partial charge in [0.15, 0.2) is 0 Å².